The van der Waals surface area contributed by atoms with E-state index in [0.717, 1.165) is 23.7 Å². The third-order valence-electron chi connectivity index (χ3n) is 6.93. The Balaban J connectivity index is 1.46. The van der Waals surface area contributed by atoms with E-state index in [9.17, 15) is 0 Å². The molecule has 0 aliphatic heterocycles. The largest absolute Gasteiger partial charge is 0.103 e. The second kappa shape index (κ2) is 10.1. The molecule has 142 valence electrons. The summed E-state index contributed by atoms with van der Waals surface area (Å²) < 4.78 is 0. The monoisotopic (exact) mass is 350 g/mol. The van der Waals surface area contributed by atoms with Crippen molar-refractivity contribution in [1.29, 1.82) is 0 Å². The van der Waals surface area contributed by atoms with Crippen LogP contribution in [0.15, 0.2) is 43.0 Å². The number of rotatable bonds is 7. The highest BCUT2D eigenvalue weighted by Crippen LogP contribution is 2.36. The lowest BCUT2D eigenvalue weighted by Crippen LogP contribution is -2.12. The SMILES string of the molecule is C=CC1CCC(c2ccc(C=CC3CCC(CCCC)CC3)cc2)CC1. The molecule has 0 bridgehead atoms. The Morgan fingerprint density at radius 1 is 0.885 bits per heavy atom. The topological polar surface area (TPSA) is 0 Å². The van der Waals surface area contributed by atoms with E-state index in [2.05, 4.69) is 56.0 Å². The molecular formula is C26H38. The molecule has 0 spiro atoms. The van der Waals surface area contributed by atoms with Crippen LogP contribution >= 0.6 is 0 Å². The van der Waals surface area contributed by atoms with E-state index in [-0.39, 0.29) is 0 Å². The molecule has 1 aromatic rings. The molecule has 2 fully saturated rings. The minimum atomic E-state index is 0.755. The molecule has 0 nitrogen and oxygen atoms in total. The van der Waals surface area contributed by atoms with Crippen molar-refractivity contribution in [3.05, 3.63) is 54.1 Å². The van der Waals surface area contributed by atoms with E-state index in [4.69, 9.17) is 0 Å². The third-order valence-corrected chi connectivity index (χ3v) is 6.93. The van der Waals surface area contributed by atoms with Gasteiger partial charge >= 0.3 is 0 Å². The van der Waals surface area contributed by atoms with Gasteiger partial charge in [-0.2, -0.15) is 0 Å². The summed E-state index contributed by atoms with van der Waals surface area (Å²) in [6.07, 6.45) is 22.2. The van der Waals surface area contributed by atoms with Crippen molar-refractivity contribution in [1.82, 2.24) is 0 Å². The first-order valence-electron chi connectivity index (χ1n) is 11.2. The highest BCUT2D eigenvalue weighted by molar-refractivity contribution is 5.50. The van der Waals surface area contributed by atoms with Gasteiger partial charge in [0.15, 0.2) is 0 Å². The van der Waals surface area contributed by atoms with E-state index in [0.29, 0.717) is 0 Å². The van der Waals surface area contributed by atoms with Crippen molar-refractivity contribution in [2.75, 3.05) is 0 Å². The molecule has 1 aromatic carbocycles. The average molecular weight is 351 g/mol. The maximum Gasteiger partial charge on any atom is -0.0162 e. The molecule has 0 saturated heterocycles. The molecule has 2 aliphatic rings. The maximum absolute atomic E-state index is 3.96. The summed E-state index contributed by atoms with van der Waals surface area (Å²) in [7, 11) is 0. The minimum absolute atomic E-state index is 0.755. The number of benzene rings is 1. The van der Waals surface area contributed by atoms with Crippen LogP contribution in [0.5, 0.6) is 0 Å². The van der Waals surface area contributed by atoms with Crippen LogP contribution in [-0.2, 0) is 0 Å². The molecule has 0 atom stereocenters. The van der Waals surface area contributed by atoms with Gasteiger partial charge < -0.3 is 0 Å². The van der Waals surface area contributed by atoms with Crippen LogP contribution in [0.4, 0.5) is 0 Å². The molecule has 0 heterocycles. The Kier molecular flexibility index (Phi) is 7.59. The number of unbranched alkanes of at least 4 members (excludes halogenated alkanes) is 1. The fraction of sp³-hybridized carbons (Fsp3) is 0.615. The second-order valence-corrected chi connectivity index (χ2v) is 8.80. The van der Waals surface area contributed by atoms with Gasteiger partial charge in [0.05, 0.1) is 0 Å². The standard InChI is InChI=1S/C26H38/c1-3-5-6-22-7-9-23(10-8-22)11-12-24-15-19-26(20-16-24)25-17-13-21(4-2)14-18-25/h4,11-12,15-16,19-23,25H,2-3,5-10,13-14,17-18H2,1H3. The number of hydrogen-bond acceptors (Lipinski definition) is 0. The van der Waals surface area contributed by atoms with Crippen molar-refractivity contribution in [2.45, 2.75) is 83.5 Å². The molecule has 0 heteroatoms. The van der Waals surface area contributed by atoms with Gasteiger partial charge in [0.2, 0.25) is 0 Å². The van der Waals surface area contributed by atoms with Crippen LogP contribution in [0.1, 0.15) is 94.6 Å². The predicted molar refractivity (Wildman–Crippen MR) is 115 cm³/mol. The summed E-state index contributed by atoms with van der Waals surface area (Å²) in [6, 6.07) is 9.41. The van der Waals surface area contributed by atoms with Gasteiger partial charge in [-0.15, -0.1) is 6.58 Å². The quantitative estimate of drug-likeness (QED) is 0.435. The fourth-order valence-electron chi connectivity index (χ4n) is 4.98. The molecule has 0 radical (unpaired) electrons. The van der Waals surface area contributed by atoms with Crippen LogP contribution in [-0.4, -0.2) is 0 Å². The van der Waals surface area contributed by atoms with E-state index in [1.165, 1.54) is 76.2 Å². The van der Waals surface area contributed by atoms with Crippen molar-refractivity contribution in [3.63, 3.8) is 0 Å². The number of allylic oxidation sites excluding steroid dienone is 2. The van der Waals surface area contributed by atoms with E-state index in [1.807, 2.05) is 0 Å². The molecular weight excluding hydrogens is 312 g/mol. The van der Waals surface area contributed by atoms with Gasteiger partial charge in [-0.25, -0.2) is 0 Å². The predicted octanol–water partition coefficient (Wildman–Crippen LogP) is 8.16. The molecule has 2 aliphatic carbocycles. The van der Waals surface area contributed by atoms with Crippen molar-refractivity contribution < 1.29 is 0 Å². The second-order valence-electron chi connectivity index (χ2n) is 8.80. The zero-order chi connectivity index (χ0) is 18.2. The Bertz CT molecular complexity index is 548. The van der Waals surface area contributed by atoms with Gasteiger partial charge in [0, 0.05) is 0 Å². The van der Waals surface area contributed by atoms with Gasteiger partial charge in [-0.1, -0.05) is 68.7 Å². The van der Waals surface area contributed by atoms with Gasteiger partial charge in [0.1, 0.15) is 0 Å². The smallest absolute Gasteiger partial charge is 0.0162 e. The maximum atomic E-state index is 3.96. The highest BCUT2D eigenvalue weighted by Gasteiger charge is 2.21. The first-order valence-corrected chi connectivity index (χ1v) is 11.2. The highest BCUT2D eigenvalue weighted by atomic mass is 14.3. The van der Waals surface area contributed by atoms with E-state index >= 15 is 0 Å². The first kappa shape index (κ1) is 19.5. The number of hydrogen-bond donors (Lipinski definition) is 0. The van der Waals surface area contributed by atoms with Crippen molar-refractivity contribution >= 4 is 6.08 Å². The molecule has 0 N–H and O–H groups in total. The van der Waals surface area contributed by atoms with Crippen molar-refractivity contribution in [2.24, 2.45) is 17.8 Å². The molecule has 0 unspecified atom stereocenters. The average Bonchev–Trinajstić information content (AvgIpc) is 2.72. The van der Waals surface area contributed by atoms with Crippen LogP contribution in [0, 0.1) is 17.8 Å². The molecule has 2 saturated carbocycles. The van der Waals surface area contributed by atoms with E-state index < -0.39 is 0 Å². The zero-order valence-electron chi connectivity index (χ0n) is 16.8. The molecule has 0 amide bonds. The van der Waals surface area contributed by atoms with Crippen LogP contribution in [0.25, 0.3) is 6.08 Å². The molecule has 0 aromatic heterocycles. The Hall–Kier alpha value is -1.30. The lowest BCUT2D eigenvalue weighted by Gasteiger charge is -2.27. The zero-order valence-corrected chi connectivity index (χ0v) is 16.8. The summed E-state index contributed by atoms with van der Waals surface area (Å²) in [5.41, 5.74) is 2.92. The lowest BCUT2D eigenvalue weighted by atomic mass is 9.78. The summed E-state index contributed by atoms with van der Waals surface area (Å²) in [6.45, 7) is 6.27. The Morgan fingerprint density at radius 3 is 2.15 bits per heavy atom. The normalized spacial score (nSPS) is 29.7. The van der Waals surface area contributed by atoms with E-state index in [1.54, 1.807) is 5.56 Å². The Morgan fingerprint density at radius 2 is 1.54 bits per heavy atom. The van der Waals surface area contributed by atoms with Gasteiger partial charge in [-0.3, -0.25) is 0 Å². The minimum Gasteiger partial charge on any atom is -0.103 e. The Labute approximate surface area is 161 Å². The lowest BCUT2D eigenvalue weighted by molar-refractivity contribution is 0.291. The summed E-state index contributed by atoms with van der Waals surface area (Å²) >= 11 is 0. The van der Waals surface area contributed by atoms with Gasteiger partial charge in [0.25, 0.3) is 0 Å². The summed E-state index contributed by atoms with van der Waals surface area (Å²) in [5.74, 6) is 3.34. The van der Waals surface area contributed by atoms with Crippen LogP contribution in [0.3, 0.4) is 0 Å². The van der Waals surface area contributed by atoms with Gasteiger partial charge in [-0.05, 0) is 86.2 Å². The molecule has 26 heavy (non-hydrogen) atoms. The van der Waals surface area contributed by atoms with Crippen LogP contribution in [0.2, 0.25) is 0 Å². The fourth-order valence-corrected chi connectivity index (χ4v) is 4.98. The van der Waals surface area contributed by atoms with Crippen LogP contribution < -0.4 is 0 Å². The summed E-state index contributed by atoms with van der Waals surface area (Å²) in [5, 5.41) is 0. The first-order chi connectivity index (χ1) is 12.8. The summed E-state index contributed by atoms with van der Waals surface area (Å²) in [4.78, 5) is 0. The third kappa shape index (κ3) is 5.60. The van der Waals surface area contributed by atoms with Crippen molar-refractivity contribution in [3.8, 4) is 0 Å². The molecule has 3 rings (SSSR count).